The van der Waals surface area contributed by atoms with Crippen molar-refractivity contribution in [2.24, 2.45) is 11.8 Å². The first-order chi connectivity index (χ1) is 10.8. The Bertz CT molecular complexity index is 474. The third-order valence-corrected chi connectivity index (χ3v) is 4.10. The number of hydrogen-bond acceptors (Lipinski definition) is 6. The Balaban J connectivity index is 1.95. The van der Waals surface area contributed by atoms with Gasteiger partial charge in [0, 0.05) is 39.6 Å². The van der Waals surface area contributed by atoms with Crippen LogP contribution in [0, 0.1) is 11.8 Å². The minimum atomic E-state index is 0.297. The molecule has 1 unspecified atom stereocenters. The van der Waals surface area contributed by atoms with Crippen LogP contribution in [0.15, 0.2) is 0 Å². The molecule has 1 atom stereocenters. The van der Waals surface area contributed by atoms with E-state index in [1.165, 1.54) is 26.1 Å². The van der Waals surface area contributed by atoms with E-state index in [-0.39, 0.29) is 0 Å². The fourth-order valence-corrected chi connectivity index (χ4v) is 2.92. The van der Waals surface area contributed by atoms with Crippen molar-refractivity contribution in [2.75, 3.05) is 50.5 Å². The van der Waals surface area contributed by atoms with Gasteiger partial charge < -0.3 is 15.1 Å². The SMILES string of the molecule is CC(C)CN1CCC(CNc2nc(C(C)C)nc(N(C)C)n2)C1. The van der Waals surface area contributed by atoms with Gasteiger partial charge in [0.2, 0.25) is 11.9 Å². The lowest BCUT2D eigenvalue weighted by atomic mass is 10.1. The van der Waals surface area contributed by atoms with Crippen LogP contribution in [0.2, 0.25) is 0 Å². The fraction of sp³-hybridized carbons (Fsp3) is 0.824. The van der Waals surface area contributed by atoms with Crippen LogP contribution in [0.1, 0.15) is 45.9 Å². The van der Waals surface area contributed by atoms with Crippen LogP contribution in [0.25, 0.3) is 0 Å². The van der Waals surface area contributed by atoms with Gasteiger partial charge in [0.05, 0.1) is 0 Å². The molecule has 1 aromatic heterocycles. The van der Waals surface area contributed by atoms with Crippen LogP contribution in [-0.2, 0) is 0 Å². The van der Waals surface area contributed by atoms with E-state index < -0.39 is 0 Å². The molecule has 0 saturated carbocycles. The molecule has 1 aliphatic heterocycles. The van der Waals surface area contributed by atoms with Gasteiger partial charge in [-0.05, 0) is 24.8 Å². The maximum Gasteiger partial charge on any atom is 0.229 e. The first kappa shape index (κ1) is 17.9. The number of likely N-dealkylation sites (tertiary alicyclic amines) is 1. The van der Waals surface area contributed by atoms with Crippen molar-refractivity contribution in [3.05, 3.63) is 5.82 Å². The predicted octanol–water partition coefficient (Wildman–Crippen LogP) is 2.45. The van der Waals surface area contributed by atoms with Gasteiger partial charge in [0.1, 0.15) is 5.82 Å². The molecule has 130 valence electrons. The standard InChI is InChI=1S/C17H32N6/c1-12(2)10-23-8-7-14(11-23)9-18-16-19-15(13(3)4)20-17(21-16)22(5)6/h12-14H,7-11H2,1-6H3,(H,18,19,20,21). The van der Waals surface area contributed by atoms with Gasteiger partial charge in [-0.3, -0.25) is 0 Å². The zero-order valence-corrected chi connectivity index (χ0v) is 15.5. The minimum Gasteiger partial charge on any atom is -0.354 e. The second-order valence-corrected chi connectivity index (χ2v) is 7.56. The third-order valence-electron chi connectivity index (χ3n) is 4.10. The van der Waals surface area contributed by atoms with Crippen LogP contribution in [0.4, 0.5) is 11.9 Å². The molecule has 0 bridgehead atoms. The summed E-state index contributed by atoms with van der Waals surface area (Å²) in [6.45, 7) is 13.3. The van der Waals surface area contributed by atoms with Crippen LogP contribution in [0.5, 0.6) is 0 Å². The van der Waals surface area contributed by atoms with E-state index in [9.17, 15) is 0 Å². The third kappa shape index (κ3) is 5.30. The Morgan fingerprint density at radius 1 is 1.17 bits per heavy atom. The molecule has 1 N–H and O–H groups in total. The van der Waals surface area contributed by atoms with E-state index >= 15 is 0 Å². The van der Waals surface area contributed by atoms with E-state index in [1.54, 1.807) is 0 Å². The number of anilines is 2. The highest BCUT2D eigenvalue weighted by atomic mass is 15.3. The monoisotopic (exact) mass is 320 g/mol. The molecule has 6 heteroatoms. The predicted molar refractivity (Wildman–Crippen MR) is 96.1 cm³/mol. The van der Waals surface area contributed by atoms with Gasteiger partial charge in [-0.15, -0.1) is 0 Å². The number of rotatable bonds is 7. The number of aromatic nitrogens is 3. The molecule has 1 aliphatic rings. The number of hydrogen-bond donors (Lipinski definition) is 1. The zero-order chi connectivity index (χ0) is 17.0. The largest absolute Gasteiger partial charge is 0.354 e. The summed E-state index contributed by atoms with van der Waals surface area (Å²) in [4.78, 5) is 18.1. The second kappa shape index (κ2) is 7.90. The van der Waals surface area contributed by atoms with Crippen molar-refractivity contribution in [3.63, 3.8) is 0 Å². The van der Waals surface area contributed by atoms with Crippen molar-refractivity contribution in [1.82, 2.24) is 19.9 Å². The van der Waals surface area contributed by atoms with Crippen molar-refractivity contribution in [1.29, 1.82) is 0 Å². The molecule has 0 aliphatic carbocycles. The highest BCUT2D eigenvalue weighted by Gasteiger charge is 2.23. The van der Waals surface area contributed by atoms with Gasteiger partial charge in [-0.1, -0.05) is 27.7 Å². The first-order valence-corrected chi connectivity index (χ1v) is 8.74. The summed E-state index contributed by atoms with van der Waals surface area (Å²) in [7, 11) is 3.92. The molecule has 1 saturated heterocycles. The lowest BCUT2D eigenvalue weighted by Gasteiger charge is -2.19. The zero-order valence-electron chi connectivity index (χ0n) is 15.5. The van der Waals surface area contributed by atoms with E-state index in [1.807, 2.05) is 19.0 Å². The van der Waals surface area contributed by atoms with Crippen molar-refractivity contribution in [2.45, 2.75) is 40.0 Å². The first-order valence-electron chi connectivity index (χ1n) is 8.74. The molecule has 0 spiro atoms. The Hall–Kier alpha value is -1.43. The fourth-order valence-electron chi connectivity index (χ4n) is 2.92. The van der Waals surface area contributed by atoms with Crippen molar-refractivity contribution in [3.8, 4) is 0 Å². The molecular formula is C17H32N6. The summed E-state index contributed by atoms with van der Waals surface area (Å²) in [6.07, 6.45) is 1.25. The number of nitrogens with zero attached hydrogens (tertiary/aromatic N) is 5. The lowest BCUT2D eigenvalue weighted by molar-refractivity contribution is 0.289. The van der Waals surface area contributed by atoms with E-state index in [4.69, 9.17) is 0 Å². The molecule has 0 aromatic carbocycles. The maximum absolute atomic E-state index is 4.57. The van der Waals surface area contributed by atoms with E-state index in [0.717, 1.165) is 24.2 Å². The molecule has 0 amide bonds. The van der Waals surface area contributed by atoms with Crippen LogP contribution >= 0.6 is 0 Å². The summed E-state index contributed by atoms with van der Waals surface area (Å²) < 4.78 is 0. The van der Waals surface area contributed by atoms with E-state index in [2.05, 4.69) is 52.9 Å². The average Bonchev–Trinajstić information content (AvgIpc) is 2.91. The molecule has 2 rings (SSSR count). The van der Waals surface area contributed by atoms with Crippen molar-refractivity contribution >= 4 is 11.9 Å². The summed E-state index contributed by atoms with van der Waals surface area (Å²) in [6, 6.07) is 0. The molecule has 2 heterocycles. The van der Waals surface area contributed by atoms with Gasteiger partial charge in [-0.2, -0.15) is 15.0 Å². The summed E-state index contributed by atoms with van der Waals surface area (Å²) in [5.74, 6) is 3.98. The van der Waals surface area contributed by atoms with Crippen molar-refractivity contribution < 1.29 is 0 Å². The van der Waals surface area contributed by atoms with Crippen LogP contribution in [-0.4, -0.2) is 60.1 Å². The van der Waals surface area contributed by atoms with E-state index in [0.29, 0.717) is 17.8 Å². The van der Waals surface area contributed by atoms with Gasteiger partial charge in [0.25, 0.3) is 0 Å². The molecule has 1 fully saturated rings. The molecular weight excluding hydrogens is 288 g/mol. The Morgan fingerprint density at radius 2 is 1.91 bits per heavy atom. The van der Waals surface area contributed by atoms with Crippen LogP contribution in [0.3, 0.4) is 0 Å². The van der Waals surface area contributed by atoms with Gasteiger partial charge >= 0.3 is 0 Å². The smallest absolute Gasteiger partial charge is 0.229 e. The summed E-state index contributed by atoms with van der Waals surface area (Å²) in [5.41, 5.74) is 0. The lowest BCUT2D eigenvalue weighted by Crippen LogP contribution is -2.27. The maximum atomic E-state index is 4.57. The Labute approximate surface area is 140 Å². The Kier molecular flexibility index (Phi) is 6.16. The molecule has 6 nitrogen and oxygen atoms in total. The molecule has 23 heavy (non-hydrogen) atoms. The highest BCUT2D eigenvalue weighted by molar-refractivity contribution is 5.36. The second-order valence-electron chi connectivity index (χ2n) is 7.56. The minimum absolute atomic E-state index is 0.297. The topological polar surface area (TPSA) is 57.2 Å². The van der Waals surface area contributed by atoms with Gasteiger partial charge in [0.15, 0.2) is 0 Å². The summed E-state index contributed by atoms with van der Waals surface area (Å²) >= 11 is 0. The summed E-state index contributed by atoms with van der Waals surface area (Å²) in [5, 5.41) is 3.44. The normalized spacial score (nSPS) is 18.9. The quantitative estimate of drug-likeness (QED) is 0.833. The average molecular weight is 320 g/mol. The number of nitrogens with one attached hydrogen (secondary N) is 1. The highest BCUT2D eigenvalue weighted by Crippen LogP contribution is 2.19. The molecule has 1 aromatic rings. The van der Waals surface area contributed by atoms with Gasteiger partial charge in [-0.25, -0.2) is 0 Å². The Morgan fingerprint density at radius 3 is 2.52 bits per heavy atom. The van der Waals surface area contributed by atoms with Crippen LogP contribution < -0.4 is 10.2 Å². The molecule has 0 radical (unpaired) electrons.